The van der Waals surface area contributed by atoms with Gasteiger partial charge >= 0.3 is 0 Å². The summed E-state index contributed by atoms with van der Waals surface area (Å²) in [4.78, 5) is 9.09. The Kier molecular flexibility index (Phi) is 5.38. The van der Waals surface area contributed by atoms with Gasteiger partial charge in [0.15, 0.2) is 5.82 Å². The average Bonchev–Trinajstić information content (AvgIpc) is 3.04. The fourth-order valence-corrected chi connectivity index (χ4v) is 3.65. The third-order valence-electron chi connectivity index (χ3n) is 4.70. The van der Waals surface area contributed by atoms with Gasteiger partial charge in [0, 0.05) is 41.9 Å². The van der Waals surface area contributed by atoms with E-state index in [0.717, 1.165) is 47.7 Å². The van der Waals surface area contributed by atoms with E-state index in [-0.39, 0.29) is 5.82 Å². The fourth-order valence-electron chi connectivity index (χ4n) is 3.19. The van der Waals surface area contributed by atoms with Gasteiger partial charge in [-0.2, -0.15) is 4.98 Å². The Labute approximate surface area is 170 Å². The molecule has 0 aliphatic carbocycles. The SMILES string of the molecule is Fc1ccc(N2CCN(Cn3[nH]c(-c4ccc(Br)cc4)nc3=S)CC2)cc1. The molecule has 1 aliphatic heterocycles. The van der Waals surface area contributed by atoms with Crippen LogP contribution in [0.1, 0.15) is 0 Å². The second-order valence-electron chi connectivity index (χ2n) is 6.51. The topological polar surface area (TPSA) is 40.1 Å². The second-order valence-corrected chi connectivity index (χ2v) is 7.79. The summed E-state index contributed by atoms with van der Waals surface area (Å²) in [6.07, 6.45) is 0. The zero-order valence-corrected chi connectivity index (χ0v) is 17.0. The van der Waals surface area contributed by atoms with E-state index < -0.39 is 0 Å². The van der Waals surface area contributed by atoms with E-state index in [2.05, 4.69) is 35.8 Å². The molecule has 1 aliphatic rings. The molecule has 0 amide bonds. The Morgan fingerprint density at radius 3 is 2.33 bits per heavy atom. The second kappa shape index (κ2) is 7.92. The zero-order chi connectivity index (χ0) is 18.8. The van der Waals surface area contributed by atoms with Crippen LogP contribution in [-0.4, -0.2) is 45.8 Å². The highest BCUT2D eigenvalue weighted by molar-refractivity contribution is 9.10. The van der Waals surface area contributed by atoms with Crippen LogP contribution in [-0.2, 0) is 6.67 Å². The van der Waals surface area contributed by atoms with Gasteiger partial charge in [0.1, 0.15) is 5.82 Å². The molecule has 3 aromatic rings. The van der Waals surface area contributed by atoms with E-state index in [9.17, 15) is 4.39 Å². The van der Waals surface area contributed by atoms with Crippen LogP contribution in [0.4, 0.5) is 10.1 Å². The van der Waals surface area contributed by atoms with Crippen molar-refractivity contribution >= 4 is 33.8 Å². The van der Waals surface area contributed by atoms with Crippen LogP contribution < -0.4 is 4.90 Å². The van der Waals surface area contributed by atoms with Crippen molar-refractivity contribution in [2.75, 3.05) is 31.1 Å². The van der Waals surface area contributed by atoms with Gasteiger partial charge in [-0.15, -0.1) is 0 Å². The number of hydrogen-bond donors (Lipinski definition) is 1. The monoisotopic (exact) mass is 447 g/mol. The highest BCUT2D eigenvalue weighted by atomic mass is 79.9. The lowest BCUT2D eigenvalue weighted by Crippen LogP contribution is -2.47. The Hall–Kier alpha value is -2.03. The van der Waals surface area contributed by atoms with Crippen molar-refractivity contribution in [1.82, 2.24) is 19.7 Å². The molecule has 8 heteroatoms. The molecule has 2 aromatic carbocycles. The van der Waals surface area contributed by atoms with Crippen LogP contribution in [0.15, 0.2) is 53.0 Å². The smallest absolute Gasteiger partial charge is 0.217 e. The molecule has 1 saturated heterocycles. The highest BCUT2D eigenvalue weighted by Crippen LogP contribution is 2.19. The number of hydrogen-bond acceptors (Lipinski definition) is 4. The molecule has 1 N–H and O–H groups in total. The minimum absolute atomic E-state index is 0.201. The Bertz CT molecular complexity index is 959. The molecule has 2 heterocycles. The fraction of sp³-hybridized carbons (Fsp3) is 0.263. The summed E-state index contributed by atoms with van der Waals surface area (Å²) in [5.74, 6) is 0.574. The Balaban J connectivity index is 1.40. The van der Waals surface area contributed by atoms with Crippen LogP contribution in [0.2, 0.25) is 0 Å². The molecule has 0 radical (unpaired) electrons. The maximum absolute atomic E-state index is 13.1. The van der Waals surface area contributed by atoms with Crippen LogP contribution in [0, 0.1) is 10.6 Å². The third kappa shape index (κ3) is 4.28. The number of aromatic nitrogens is 3. The Morgan fingerprint density at radius 2 is 1.67 bits per heavy atom. The predicted octanol–water partition coefficient (Wildman–Crippen LogP) is 4.29. The number of halogens is 2. The Morgan fingerprint density at radius 1 is 1.00 bits per heavy atom. The highest BCUT2D eigenvalue weighted by Gasteiger charge is 2.18. The molecular weight excluding hydrogens is 429 g/mol. The van der Waals surface area contributed by atoms with Crippen molar-refractivity contribution in [2.24, 2.45) is 0 Å². The minimum Gasteiger partial charge on any atom is -0.369 e. The van der Waals surface area contributed by atoms with E-state index in [0.29, 0.717) is 11.4 Å². The summed E-state index contributed by atoms with van der Waals surface area (Å²) in [5, 5.41) is 3.30. The normalized spacial score (nSPS) is 15.3. The van der Waals surface area contributed by atoms with Crippen molar-refractivity contribution in [3.8, 4) is 11.4 Å². The van der Waals surface area contributed by atoms with Gasteiger partial charge in [-0.3, -0.25) is 10.00 Å². The number of benzene rings is 2. The molecule has 0 atom stereocenters. The van der Waals surface area contributed by atoms with Gasteiger partial charge in [-0.05, 0) is 48.6 Å². The van der Waals surface area contributed by atoms with Crippen molar-refractivity contribution in [3.63, 3.8) is 0 Å². The first kappa shape index (κ1) is 18.3. The molecule has 1 fully saturated rings. The molecule has 140 valence electrons. The number of anilines is 1. The molecule has 0 unspecified atom stereocenters. The van der Waals surface area contributed by atoms with E-state index in [1.165, 1.54) is 12.1 Å². The lowest BCUT2D eigenvalue weighted by atomic mass is 10.2. The minimum atomic E-state index is -0.201. The van der Waals surface area contributed by atoms with Crippen LogP contribution in [0.5, 0.6) is 0 Å². The first-order chi connectivity index (χ1) is 13.1. The van der Waals surface area contributed by atoms with Crippen molar-refractivity contribution in [1.29, 1.82) is 0 Å². The lowest BCUT2D eigenvalue weighted by molar-refractivity contribution is 0.194. The predicted molar refractivity (Wildman–Crippen MR) is 111 cm³/mol. The zero-order valence-electron chi connectivity index (χ0n) is 14.6. The van der Waals surface area contributed by atoms with E-state index >= 15 is 0 Å². The lowest BCUT2D eigenvalue weighted by Gasteiger charge is -2.35. The molecule has 4 rings (SSSR count). The van der Waals surface area contributed by atoms with Gasteiger partial charge in [0.05, 0.1) is 6.67 Å². The number of piperazine rings is 1. The van der Waals surface area contributed by atoms with Gasteiger partial charge in [0.25, 0.3) is 0 Å². The summed E-state index contributed by atoms with van der Waals surface area (Å²) in [7, 11) is 0. The summed E-state index contributed by atoms with van der Waals surface area (Å²) >= 11 is 8.86. The van der Waals surface area contributed by atoms with E-state index in [4.69, 9.17) is 12.2 Å². The van der Waals surface area contributed by atoms with Crippen molar-refractivity contribution in [2.45, 2.75) is 6.67 Å². The molecule has 5 nitrogen and oxygen atoms in total. The first-order valence-electron chi connectivity index (χ1n) is 8.74. The number of nitrogens with zero attached hydrogens (tertiary/aromatic N) is 4. The van der Waals surface area contributed by atoms with E-state index in [1.807, 2.05) is 41.1 Å². The number of H-pyrrole nitrogens is 1. The third-order valence-corrected chi connectivity index (χ3v) is 5.54. The van der Waals surface area contributed by atoms with Crippen molar-refractivity contribution in [3.05, 3.63) is 63.6 Å². The summed E-state index contributed by atoms with van der Waals surface area (Å²) in [6.45, 7) is 4.29. The van der Waals surface area contributed by atoms with Crippen LogP contribution >= 0.6 is 28.1 Å². The molecule has 27 heavy (non-hydrogen) atoms. The number of nitrogens with one attached hydrogen (secondary N) is 1. The quantitative estimate of drug-likeness (QED) is 0.605. The molecule has 0 spiro atoms. The van der Waals surface area contributed by atoms with Crippen molar-refractivity contribution < 1.29 is 4.39 Å². The van der Waals surface area contributed by atoms with Crippen LogP contribution in [0.3, 0.4) is 0 Å². The summed E-state index contributed by atoms with van der Waals surface area (Å²) < 4.78 is 16.6. The van der Waals surface area contributed by atoms with Gasteiger partial charge in [-0.25, -0.2) is 9.07 Å². The number of aromatic amines is 1. The van der Waals surface area contributed by atoms with Gasteiger partial charge < -0.3 is 4.90 Å². The molecule has 1 aromatic heterocycles. The molecular formula is C19H19BrFN5S. The van der Waals surface area contributed by atoms with E-state index in [1.54, 1.807) is 0 Å². The maximum Gasteiger partial charge on any atom is 0.217 e. The standard InChI is InChI=1S/C19H19BrFN5S/c20-15-3-1-14(2-4-15)18-22-19(27)26(23-18)13-24-9-11-25(12-10-24)17-7-5-16(21)6-8-17/h1-8H,9-13H2,(H,22,23,27). The molecule has 0 bridgehead atoms. The first-order valence-corrected chi connectivity index (χ1v) is 9.94. The van der Waals surface area contributed by atoms with Gasteiger partial charge in [-0.1, -0.05) is 28.1 Å². The van der Waals surface area contributed by atoms with Gasteiger partial charge in [0.2, 0.25) is 4.77 Å². The maximum atomic E-state index is 13.1. The molecule has 0 saturated carbocycles. The average molecular weight is 448 g/mol. The van der Waals surface area contributed by atoms with Crippen LogP contribution in [0.25, 0.3) is 11.4 Å². The summed E-state index contributed by atoms with van der Waals surface area (Å²) in [5.41, 5.74) is 2.07. The summed E-state index contributed by atoms with van der Waals surface area (Å²) in [6, 6.07) is 14.7. The number of rotatable bonds is 4. The largest absolute Gasteiger partial charge is 0.369 e.